The molecule has 0 atom stereocenters. The number of halogens is 1. The van der Waals surface area contributed by atoms with Crippen LogP contribution in [0.1, 0.15) is 17.7 Å². The number of aromatic nitrogens is 2. The van der Waals surface area contributed by atoms with E-state index in [2.05, 4.69) is 50.0 Å². The summed E-state index contributed by atoms with van der Waals surface area (Å²) < 4.78 is 8.30. The predicted octanol–water partition coefficient (Wildman–Crippen LogP) is 4.04. The summed E-state index contributed by atoms with van der Waals surface area (Å²) in [6.07, 6.45) is 3.03. The Kier molecular flexibility index (Phi) is 5.20. The van der Waals surface area contributed by atoms with Gasteiger partial charge in [0.05, 0.1) is 11.4 Å². The highest BCUT2D eigenvalue weighted by atomic mass is 79.9. The minimum Gasteiger partial charge on any atom is -0.385 e. The molecule has 1 N–H and O–H groups in total. The maximum Gasteiger partial charge on any atom is 0.207 e. The summed E-state index contributed by atoms with van der Waals surface area (Å²) >= 11 is 3.61. The first-order valence-corrected chi connectivity index (χ1v) is 7.46. The smallest absolute Gasteiger partial charge is 0.207 e. The molecular formula is C15H20BrN3O. The lowest BCUT2D eigenvalue weighted by atomic mass is 10.2. The van der Waals surface area contributed by atoms with Gasteiger partial charge in [0.1, 0.15) is 0 Å². The second-order valence-corrected chi connectivity index (χ2v) is 5.60. The van der Waals surface area contributed by atoms with Gasteiger partial charge < -0.3 is 14.6 Å². The van der Waals surface area contributed by atoms with Gasteiger partial charge in [-0.25, -0.2) is 4.98 Å². The number of methoxy groups -OCH3 is 1. The molecule has 0 saturated carbocycles. The van der Waals surface area contributed by atoms with Gasteiger partial charge in [0.25, 0.3) is 0 Å². The topological polar surface area (TPSA) is 39.1 Å². The van der Waals surface area contributed by atoms with Gasteiger partial charge >= 0.3 is 0 Å². The standard InChI is InChI=1S/C15H20BrN3O/c1-11-6-4-7-13(14(11)16)18-15-17-12(2)10-19(15)8-5-9-20-3/h4,6-7,10H,5,8-9H2,1-3H3,(H,17,18). The fourth-order valence-electron chi connectivity index (χ4n) is 2.06. The zero-order valence-electron chi connectivity index (χ0n) is 12.1. The zero-order chi connectivity index (χ0) is 14.5. The lowest BCUT2D eigenvalue weighted by molar-refractivity contribution is 0.190. The van der Waals surface area contributed by atoms with Crippen LogP contribution in [0.4, 0.5) is 11.6 Å². The van der Waals surface area contributed by atoms with Crippen LogP contribution in [0.5, 0.6) is 0 Å². The van der Waals surface area contributed by atoms with Crippen LogP contribution in [0.3, 0.4) is 0 Å². The predicted molar refractivity (Wildman–Crippen MR) is 85.6 cm³/mol. The number of anilines is 2. The third-order valence-corrected chi connectivity index (χ3v) is 4.14. The average molecular weight is 338 g/mol. The molecule has 0 aliphatic carbocycles. The van der Waals surface area contributed by atoms with Crippen LogP contribution in [-0.2, 0) is 11.3 Å². The molecule has 2 aromatic rings. The maximum absolute atomic E-state index is 5.10. The van der Waals surface area contributed by atoms with Crippen LogP contribution in [0.2, 0.25) is 0 Å². The van der Waals surface area contributed by atoms with Crippen molar-refractivity contribution in [3.05, 3.63) is 40.1 Å². The minimum absolute atomic E-state index is 0.755. The van der Waals surface area contributed by atoms with Gasteiger partial charge in [0, 0.05) is 30.9 Å². The average Bonchev–Trinajstić information content (AvgIpc) is 2.76. The lowest BCUT2D eigenvalue weighted by Gasteiger charge is -2.12. The number of nitrogens with one attached hydrogen (secondary N) is 1. The number of rotatable bonds is 6. The molecule has 1 heterocycles. The first-order chi connectivity index (χ1) is 9.61. The molecule has 0 spiro atoms. The third kappa shape index (κ3) is 3.61. The van der Waals surface area contributed by atoms with E-state index in [1.807, 2.05) is 19.1 Å². The van der Waals surface area contributed by atoms with Gasteiger partial charge in [-0.1, -0.05) is 12.1 Å². The molecule has 0 bridgehead atoms. The van der Waals surface area contributed by atoms with Crippen molar-refractivity contribution in [2.45, 2.75) is 26.8 Å². The zero-order valence-corrected chi connectivity index (χ0v) is 13.7. The molecule has 0 saturated heterocycles. The molecule has 0 radical (unpaired) electrons. The van der Waals surface area contributed by atoms with Crippen molar-refractivity contribution >= 4 is 27.6 Å². The normalized spacial score (nSPS) is 10.8. The molecule has 2 rings (SSSR count). The molecule has 0 unspecified atom stereocenters. The van der Waals surface area contributed by atoms with Crippen LogP contribution in [0, 0.1) is 13.8 Å². The van der Waals surface area contributed by atoms with E-state index in [4.69, 9.17) is 4.74 Å². The Morgan fingerprint density at radius 3 is 2.90 bits per heavy atom. The molecule has 0 fully saturated rings. The van der Waals surface area contributed by atoms with E-state index in [0.29, 0.717) is 0 Å². The molecule has 0 aliphatic heterocycles. The Morgan fingerprint density at radius 2 is 2.15 bits per heavy atom. The number of ether oxygens (including phenoxy) is 1. The van der Waals surface area contributed by atoms with Gasteiger partial charge in [0.2, 0.25) is 5.95 Å². The van der Waals surface area contributed by atoms with E-state index in [9.17, 15) is 0 Å². The van der Waals surface area contributed by atoms with Crippen molar-refractivity contribution in [3.63, 3.8) is 0 Å². The van der Waals surface area contributed by atoms with Crippen LogP contribution >= 0.6 is 15.9 Å². The van der Waals surface area contributed by atoms with Crippen molar-refractivity contribution in [2.24, 2.45) is 0 Å². The highest BCUT2D eigenvalue weighted by Gasteiger charge is 2.08. The number of imidazole rings is 1. The summed E-state index contributed by atoms with van der Waals surface area (Å²) in [6.45, 7) is 5.72. The van der Waals surface area contributed by atoms with Gasteiger partial charge in [-0.2, -0.15) is 0 Å². The quantitative estimate of drug-likeness (QED) is 0.808. The fourth-order valence-corrected chi connectivity index (χ4v) is 2.42. The Bertz CT molecular complexity index is 580. The summed E-state index contributed by atoms with van der Waals surface area (Å²) in [5, 5.41) is 3.39. The molecule has 1 aromatic heterocycles. The Morgan fingerprint density at radius 1 is 1.35 bits per heavy atom. The van der Waals surface area contributed by atoms with Crippen LogP contribution in [0.25, 0.3) is 0 Å². The largest absolute Gasteiger partial charge is 0.385 e. The SMILES string of the molecule is COCCCn1cc(C)nc1Nc1cccc(C)c1Br. The summed E-state index contributed by atoms with van der Waals surface area (Å²) in [4.78, 5) is 4.55. The van der Waals surface area contributed by atoms with Gasteiger partial charge in [-0.05, 0) is 47.8 Å². The number of hydrogen-bond donors (Lipinski definition) is 1. The lowest BCUT2D eigenvalue weighted by Crippen LogP contribution is -2.05. The Hall–Kier alpha value is -1.33. The molecule has 0 aliphatic rings. The van der Waals surface area contributed by atoms with Crippen molar-refractivity contribution in [1.82, 2.24) is 9.55 Å². The highest BCUT2D eigenvalue weighted by molar-refractivity contribution is 9.10. The van der Waals surface area contributed by atoms with Gasteiger partial charge in [-0.3, -0.25) is 0 Å². The molecular weight excluding hydrogens is 318 g/mol. The third-order valence-electron chi connectivity index (χ3n) is 3.08. The van der Waals surface area contributed by atoms with Crippen LogP contribution in [-0.4, -0.2) is 23.3 Å². The van der Waals surface area contributed by atoms with Crippen molar-refractivity contribution in [3.8, 4) is 0 Å². The molecule has 1 aromatic carbocycles. The van der Waals surface area contributed by atoms with E-state index in [0.717, 1.165) is 41.4 Å². The van der Waals surface area contributed by atoms with Gasteiger partial charge in [0.15, 0.2) is 0 Å². The molecule has 108 valence electrons. The summed E-state index contributed by atoms with van der Waals surface area (Å²) in [5.74, 6) is 0.866. The second kappa shape index (κ2) is 6.90. The second-order valence-electron chi connectivity index (χ2n) is 4.81. The van der Waals surface area contributed by atoms with Crippen molar-refractivity contribution in [2.75, 3.05) is 19.0 Å². The molecule has 20 heavy (non-hydrogen) atoms. The van der Waals surface area contributed by atoms with Crippen LogP contribution < -0.4 is 5.32 Å². The summed E-state index contributed by atoms with van der Waals surface area (Å²) in [5.41, 5.74) is 3.24. The number of hydrogen-bond acceptors (Lipinski definition) is 3. The monoisotopic (exact) mass is 337 g/mol. The first kappa shape index (κ1) is 15.1. The molecule has 0 amide bonds. The van der Waals surface area contributed by atoms with Crippen molar-refractivity contribution in [1.29, 1.82) is 0 Å². The Labute approximate surface area is 128 Å². The van der Waals surface area contributed by atoms with E-state index in [-0.39, 0.29) is 0 Å². The van der Waals surface area contributed by atoms with E-state index < -0.39 is 0 Å². The van der Waals surface area contributed by atoms with Crippen LogP contribution in [0.15, 0.2) is 28.9 Å². The maximum atomic E-state index is 5.10. The summed E-state index contributed by atoms with van der Waals surface area (Å²) in [7, 11) is 1.72. The fraction of sp³-hybridized carbons (Fsp3) is 0.400. The highest BCUT2D eigenvalue weighted by Crippen LogP contribution is 2.28. The van der Waals surface area contributed by atoms with E-state index in [1.165, 1.54) is 5.56 Å². The summed E-state index contributed by atoms with van der Waals surface area (Å²) in [6, 6.07) is 6.15. The minimum atomic E-state index is 0.755. The van der Waals surface area contributed by atoms with E-state index >= 15 is 0 Å². The molecule has 5 heteroatoms. The Balaban J connectivity index is 2.18. The number of aryl methyl sites for hydroxylation is 3. The van der Waals surface area contributed by atoms with Crippen molar-refractivity contribution < 1.29 is 4.74 Å². The number of nitrogens with zero attached hydrogens (tertiary/aromatic N) is 2. The van der Waals surface area contributed by atoms with E-state index in [1.54, 1.807) is 7.11 Å². The first-order valence-electron chi connectivity index (χ1n) is 6.66. The van der Waals surface area contributed by atoms with Gasteiger partial charge in [-0.15, -0.1) is 0 Å². The molecule has 4 nitrogen and oxygen atoms in total. The number of benzene rings is 1.